The van der Waals surface area contributed by atoms with E-state index in [1.807, 2.05) is 86.6 Å². The minimum absolute atomic E-state index is 0.112. The van der Waals surface area contributed by atoms with Gasteiger partial charge in [-0.2, -0.15) is 0 Å². The molecule has 3 aromatic carbocycles. The van der Waals surface area contributed by atoms with Crippen molar-refractivity contribution in [2.24, 2.45) is 4.99 Å². The molecule has 29 heavy (non-hydrogen) atoms. The van der Waals surface area contributed by atoms with Crippen molar-refractivity contribution in [3.63, 3.8) is 0 Å². The number of aryl methyl sites for hydroxylation is 2. The van der Waals surface area contributed by atoms with E-state index in [0.29, 0.717) is 5.56 Å². The van der Waals surface area contributed by atoms with Crippen LogP contribution >= 0.6 is 0 Å². The number of nitrogens with one attached hydrogen (secondary N) is 1. The summed E-state index contributed by atoms with van der Waals surface area (Å²) in [5, 5.41) is 3.14. The molecule has 0 bridgehead atoms. The minimum Gasteiger partial charge on any atom is -0.399 e. The van der Waals surface area contributed by atoms with Gasteiger partial charge in [-0.15, -0.1) is 0 Å². The molecule has 0 saturated heterocycles. The van der Waals surface area contributed by atoms with Crippen molar-refractivity contribution >= 4 is 17.6 Å². The van der Waals surface area contributed by atoms with Crippen LogP contribution in [0.1, 0.15) is 16.8 Å². The number of aromatic nitrogens is 2. The van der Waals surface area contributed by atoms with Crippen LogP contribution in [0.3, 0.4) is 0 Å². The van der Waals surface area contributed by atoms with Crippen LogP contribution in [-0.2, 0) is 0 Å². The Morgan fingerprint density at radius 1 is 0.897 bits per heavy atom. The molecule has 0 unspecified atom stereocenters. The van der Waals surface area contributed by atoms with E-state index in [-0.39, 0.29) is 5.56 Å². The zero-order valence-corrected chi connectivity index (χ0v) is 16.4. The Morgan fingerprint density at radius 3 is 2.17 bits per heavy atom. The van der Waals surface area contributed by atoms with E-state index in [2.05, 4.69) is 10.1 Å². The van der Waals surface area contributed by atoms with E-state index in [0.717, 1.165) is 39.4 Å². The Labute approximate surface area is 169 Å². The SMILES string of the molecule is Cc1ccccc1-n1[nH]c(C)c(C=Nc2ccc(-c3ccc(N)cc3)cc2)c1=O. The van der Waals surface area contributed by atoms with Gasteiger partial charge in [0.1, 0.15) is 0 Å². The summed E-state index contributed by atoms with van der Waals surface area (Å²) in [6.07, 6.45) is 1.63. The lowest BCUT2D eigenvalue weighted by Gasteiger charge is -2.04. The highest BCUT2D eigenvalue weighted by atomic mass is 16.1. The zero-order valence-electron chi connectivity index (χ0n) is 16.4. The molecule has 1 aromatic heterocycles. The van der Waals surface area contributed by atoms with E-state index >= 15 is 0 Å². The van der Waals surface area contributed by atoms with Crippen LogP contribution in [0.15, 0.2) is 82.6 Å². The standard InChI is InChI=1S/C24H22N4O/c1-16-5-3-4-6-23(16)28-24(29)22(17(2)27-28)15-26-21-13-9-19(10-14-21)18-7-11-20(25)12-8-18/h3-15,27H,25H2,1-2H3. The zero-order chi connectivity index (χ0) is 20.4. The Kier molecular flexibility index (Phi) is 4.87. The number of H-pyrrole nitrogens is 1. The number of aliphatic imine (C=N–C) groups is 1. The third-order valence-electron chi connectivity index (χ3n) is 4.93. The van der Waals surface area contributed by atoms with Gasteiger partial charge in [0, 0.05) is 17.6 Å². The number of aromatic amines is 1. The van der Waals surface area contributed by atoms with Crippen molar-refractivity contribution in [3.05, 3.63) is 100.0 Å². The van der Waals surface area contributed by atoms with Gasteiger partial charge >= 0.3 is 0 Å². The maximum absolute atomic E-state index is 12.9. The van der Waals surface area contributed by atoms with Crippen molar-refractivity contribution in [2.75, 3.05) is 5.73 Å². The maximum atomic E-state index is 12.9. The van der Waals surface area contributed by atoms with Crippen molar-refractivity contribution in [3.8, 4) is 16.8 Å². The number of nitrogens with two attached hydrogens (primary N) is 1. The second-order valence-corrected chi connectivity index (χ2v) is 7.00. The molecule has 0 fully saturated rings. The summed E-state index contributed by atoms with van der Waals surface area (Å²) in [4.78, 5) is 17.4. The number of nitrogen functional groups attached to an aromatic ring is 1. The van der Waals surface area contributed by atoms with Gasteiger partial charge in [0.15, 0.2) is 0 Å². The molecule has 0 radical (unpaired) electrons. The molecule has 1 heterocycles. The number of para-hydroxylation sites is 1. The smallest absolute Gasteiger partial charge is 0.280 e. The average Bonchev–Trinajstić information content (AvgIpc) is 3.01. The van der Waals surface area contributed by atoms with Crippen LogP contribution in [0.5, 0.6) is 0 Å². The fourth-order valence-corrected chi connectivity index (χ4v) is 3.25. The third-order valence-corrected chi connectivity index (χ3v) is 4.93. The lowest BCUT2D eigenvalue weighted by molar-refractivity contribution is 0.829. The predicted octanol–water partition coefficient (Wildman–Crippen LogP) is 4.78. The summed E-state index contributed by atoms with van der Waals surface area (Å²) in [5.74, 6) is 0. The topological polar surface area (TPSA) is 76.2 Å². The van der Waals surface area contributed by atoms with Gasteiger partial charge in [-0.1, -0.05) is 42.5 Å². The summed E-state index contributed by atoms with van der Waals surface area (Å²) in [6.45, 7) is 3.86. The van der Waals surface area contributed by atoms with Crippen LogP contribution in [0.4, 0.5) is 11.4 Å². The molecule has 144 valence electrons. The lowest BCUT2D eigenvalue weighted by atomic mass is 10.1. The van der Waals surface area contributed by atoms with Crippen molar-refractivity contribution < 1.29 is 0 Å². The predicted molar refractivity (Wildman–Crippen MR) is 119 cm³/mol. The van der Waals surface area contributed by atoms with Gasteiger partial charge in [-0.3, -0.25) is 14.9 Å². The first kappa shape index (κ1) is 18.5. The molecule has 5 heteroatoms. The molecule has 4 rings (SSSR count). The summed E-state index contributed by atoms with van der Waals surface area (Å²) in [6, 6.07) is 23.4. The first-order valence-electron chi connectivity index (χ1n) is 9.40. The van der Waals surface area contributed by atoms with Crippen LogP contribution in [0.2, 0.25) is 0 Å². The number of anilines is 1. The quantitative estimate of drug-likeness (QED) is 0.393. The molecule has 0 aliphatic carbocycles. The Morgan fingerprint density at radius 2 is 1.52 bits per heavy atom. The first-order valence-corrected chi connectivity index (χ1v) is 9.40. The molecule has 4 aromatic rings. The third kappa shape index (κ3) is 3.75. The number of nitrogens with zero attached hydrogens (tertiary/aromatic N) is 2. The van der Waals surface area contributed by atoms with Crippen LogP contribution in [0.25, 0.3) is 16.8 Å². The van der Waals surface area contributed by atoms with E-state index in [1.165, 1.54) is 0 Å². The molecule has 0 saturated carbocycles. The molecular formula is C24H22N4O. The van der Waals surface area contributed by atoms with Gasteiger partial charge in [0.05, 0.1) is 16.9 Å². The van der Waals surface area contributed by atoms with E-state index in [1.54, 1.807) is 10.9 Å². The van der Waals surface area contributed by atoms with Crippen LogP contribution < -0.4 is 11.3 Å². The highest BCUT2D eigenvalue weighted by molar-refractivity contribution is 5.83. The van der Waals surface area contributed by atoms with Crippen molar-refractivity contribution in [1.82, 2.24) is 9.78 Å². The highest BCUT2D eigenvalue weighted by Gasteiger charge is 2.11. The van der Waals surface area contributed by atoms with Gasteiger partial charge in [0.25, 0.3) is 5.56 Å². The van der Waals surface area contributed by atoms with Crippen molar-refractivity contribution in [2.45, 2.75) is 13.8 Å². The van der Waals surface area contributed by atoms with E-state index in [4.69, 9.17) is 5.73 Å². The summed E-state index contributed by atoms with van der Waals surface area (Å²) < 4.78 is 1.57. The number of hydrogen-bond acceptors (Lipinski definition) is 3. The maximum Gasteiger partial charge on any atom is 0.280 e. The summed E-state index contributed by atoms with van der Waals surface area (Å²) in [5.41, 5.74) is 12.5. The molecule has 5 nitrogen and oxygen atoms in total. The number of hydrogen-bond donors (Lipinski definition) is 2. The monoisotopic (exact) mass is 382 g/mol. The Balaban J connectivity index is 1.60. The lowest BCUT2D eigenvalue weighted by Crippen LogP contribution is -2.18. The first-order chi connectivity index (χ1) is 14.0. The number of rotatable bonds is 4. The van der Waals surface area contributed by atoms with Crippen LogP contribution in [0, 0.1) is 13.8 Å². The Hall–Kier alpha value is -3.86. The molecule has 0 amide bonds. The van der Waals surface area contributed by atoms with E-state index in [9.17, 15) is 4.79 Å². The molecule has 0 aliphatic heterocycles. The van der Waals surface area contributed by atoms with Gasteiger partial charge < -0.3 is 5.73 Å². The second-order valence-electron chi connectivity index (χ2n) is 7.00. The van der Waals surface area contributed by atoms with Crippen molar-refractivity contribution in [1.29, 1.82) is 0 Å². The molecular weight excluding hydrogens is 360 g/mol. The van der Waals surface area contributed by atoms with Gasteiger partial charge in [0.2, 0.25) is 0 Å². The average molecular weight is 382 g/mol. The van der Waals surface area contributed by atoms with Gasteiger partial charge in [-0.05, 0) is 60.9 Å². The molecule has 0 atom stereocenters. The Bertz CT molecular complexity index is 1230. The number of benzene rings is 3. The second kappa shape index (κ2) is 7.64. The fraction of sp³-hybridized carbons (Fsp3) is 0.0833. The highest BCUT2D eigenvalue weighted by Crippen LogP contribution is 2.23. The van der Waals surface area contributed by atoms with Crippen LogP contribution in [-0.4, -0.2) is 16.0 Å². The summed E-state index contributed by atoms with van der Waals surface area (Å²) >= 11 is 0. The molecule has 3 N–H and O–H groups in total. The summed E-state index contributed by atoms with van der Waals surface area (Å²) in [7, 11) is 0. The van der Waals surface area contributed by atoms with E-state index < -0.39 is 0 Å². The largest absolute Gasteiger partial charge is 0.399 e. The van der Waals surface area contributed by atoms with Gasteiger partial charge in [-0.25, -0.2) is 4.68 Å². The minimum atomic E-state index is -0.112. The fourth-order valence-electron chi connectivity index (χ4n) is 3.25. The molecule has 0 spiro atoms. The molecule has 0 aliphatic rings. The normalized spacial score (nSPS) is 11.2.